The van der Waals surface area contributed by atoms with Gasteiger partial charge in [0.25, 0.3) is 0 Å². The molecule has 0 radical (unpaired) electrons. The monoisotopic (exact) mass is 208 g/mol. The molecule has 0 aromatic carbocycles. The molecule has 0 aliphatic heterocycles. The van der Waals surface area contributed by atoms with Crippen molar-refractivity contribution < 1.29 is 0 Å². The van der Waals surface area contributed by atoms with Gasteiger partial charge in [0.05, 0.1) is 5.01 Å². The first-order valence-corrected chi connectivity index (χ1v) is 5.62. The molecule has 14 heavy (non-hydrogen) atoms. The standard InChI is InChI=1S/C11H16N2S/c1-4-5-6-7-10(12-3)11-8-13-9(2)14-11/h1,8,10,12H,5-7H2,2-3H3. The van der Waals surface area contributed by atoms with E-state index in [0.717, 1.165) is 24.3 Å². The largest absolute Gasteiger partial charge is 0.312 e. The molecular weight excluding hydrogens is 192 g/mol. The van der Waals surface area contributed by atoms with Crippen LogP contribution >= 0.6 is 11.3 Å². The quantitative estimate of drug-likeness (QED) is 0.594. The molecular formula is C11H16N2S. The van der Waals surface area contributed by atoms with E-state index in [1.807, 2.05) is 20.2 Å². The van der Waals surface area contributed by atoms with Crippen molar-refractivity contribution >= 4 is 11.3 Å². The molecule has 76 valence electrons. The zero-order chi connectivity index (χ0) is 10.4. The topological polar surface area (TPSA) is 24.9 Å². The van der Waals surface area contributed by atoms with Gasteiger partial charge < -0.3 is 5.32 Å². The van der Waals surface area contributed by atoms with Crippen LogP contribution in [0.3, 0.4) is 0 Å². The third-order valence-electron chi connectivity index (χ3n) is 2.14. The Morgan fingerprint density at radius 1 is 1.71 bits per heavy atom. The van der Waals surface area contributed by atoms with E-state index in [1.54, 1.807) is 11.3 Å². The van der Waals surface area contributed by atoms with E-state index in [0.29, 0.717) is 6.04 Å². The van der Waals surface area contributed by atoms with Crippen molar-refractivity contribution in [1.29, 1.82) is 0 Å². The molecule has 1 unspecified atom stereocenters. The van der Waals surface area contributed by atoms with Crippen molar-refractivity contribution in [3.63, 3.8) is 0 Å². The predicted octanol–water partition coefficient (Wildman–Crippen LogP) is 2.52. The second-order valence-electron chi connectivity index (χ2n) is 3.22. The van der Waals surface area contributed by atoms with Crippen molar-refractivity contribution in [2.45, 2.75) is 32.2 Å². The van der Waals surface area contributed by atoms with E-state index < -0.39 is 0 Å². The lowest BCUT2D eigenvalue weighted by atomic mass is 10.1. The molecule has 0 saturated carbocycles. The Kier molecular flexibility index (Phi) is 4.64. The highest BCUT2D eigenvalue weighted by molar-refractivity contribution is 7.11. The van der Waals surface area contributed by atoms with Gasteiger partial charge in [0.2, 0.25) is 0 Å². The number of terminal acetylenes is 1. The molecule has 0 aliphatic rings. The smallest absolute Gasteiger partial charge is 0.0897 e. The van der Waals surface area contributed by atoms with Gasteiger partial charge in [-0.3, -0.25) is 0 Å². The molecule has 0 saturated heterocycles. The maximum absolute atomic E-state index is 5.22. The zero-order valence-electron chi connectivity index (χ0n) is 8.71. The summed E-state index contributed by atoms with van der Waals surface area (Å²) in [5.41, 5.74) is 0. The van der Waals surface area contributed by atoms with Crippen molar-refractivity contribution in [2.75, 3.05) is 7.05 Å². The van der Waals surface area contributed by atoms with Gasteiger partial charge in [-0.25, -0.2) is 4.98 Å². The summed E-state index contributed by atoms with van der Waals surface area (Å²) >= 11 is 1.75. The van der Waals surface area contributed by atoms with Crippen molar-refractivity contribution in [3.8, 4) is 12.3 Å². The molecule has 1 aromatic rings. The van der Waals surface area contributed by atoms with Crippen molar-refractivity contribution in [2.24, 2.45) is 0 Å². The van der Waals surface area contributed by atoms with Crippen LogP contribution in [0.25, 0.3) is 0 Å². The van der Waals surface area contributed by atoms with Crippen LogP contribution in [0.2, 0.25) is 0 Å². The minimum Gasteiger partial charge on any atom is -0.312 e. The van der Waals surface area contributed by atoms with Gasteiger partial charge in [0, 0.05) is 23.5 Å². The first-order chi connectivity index (χ1) is 6.77. The normalized spacial score (nSPS) is 12.4. The van der Waals surface area contributed by atoms with Crippen LogP contribution in [-0.2, 0) is 0 Å². The number of nitrogens with one attached hydrogen (secondary N) is 1. The predicted molar refractivity (Wildman–Crippen MR) is 61.3 cm³/mol. The number of hydrogen-bond acceptors (Lipinski definition) is 3. The Balaban J connectivity index is 2.50. The zero-order valence-corrected chi connectivity index (χ0v) is 9.53. The van der Waals surface area contributed by atoms with Crippen LogP contribution in [0.15, 0.2) is 6.20 Å². The highest BCUT2D eigenvalue weighted by Crippen LogP contribution is 2.24. The van der Waals surface area contributed by atoms with Crippen LogP contribution in [-0.4, -0.2) is 12.0 Å². The second kappa shape index (κ2) is 5.79. The highest BCUT2D eigenvalue weighted by atomic mass is 32.1. The minimum absolute atomic E-state index is 0.412. The summed E-state index contributed by atoms with van der Waals surface area (Å²) in [4.78, 5) is 5.56. The fourth-order valence-electron chi connectivity index (χ4n) is 1.38. The van der Waals surface area contributed by atoms with Gasteiger partial charge in [-0.2, -0.15) is 0 Å². The number of rotatable bonds is 5. The molecule has 1 N–H and O–H groups in total. The van der Waals surface area contributed by atoms with E-state index in [2.05, 4.69) is 16.2 Å². The van der Waals surface area contributed by atoms with E-state index in [-0.39, 0.29) is 0 Å². The first-order valence-electron chi connectivity index (χ1n) is 4.81. The molecule has 0 bridgehead atoms. The minimum atomic E-state index is 0.412. The fourth-order valence-corrected chi connectivity index (χ4v) is 2.31. The second-order valence-corrected chi connectivity index (χ2v) is 4.49. The summed E-state index contributed by atoms with van der Waals surface area (Å²) in [5.74, 6) is 2.66. The molecule has 0 spiro atoms. The maximum atomic E-state index is 5.22. The van der Waals surface area contributed by atoms with Gasteiger partial charge >= 0.3 is 0 Å². The van der Waals surface area contributed by atoms with Gasteiger partial charge in [-0.05, 0) is 26.8 Å². The maximum Gasteiger partial charge on any atom is 0.0897 e. The van der Waals surface area contributed by atoms with Gasteiger partial charge in [0.15, 0.2) is 0 Å². The average molecular weight is 208 g/mol. The first kappa shape index (κ1) is 11.2. The molecule has 3 heteroatoms. The number of nitrogens with zero attached hydrogens (tertiary/aromatic N) is 1. The van der Waals surface area contributed by atoms with Gasteiger partial charge in [0.1, 0.15) is 0 Å². The summed E-state index contributed by atoms with van der Waals surface area (Å²) < 4.78 is 0. The SMILES string of the molecule is C#CCCCC(NC)c1cnc(C)s1. The Morgan fingerprint density at radius 2 is 2.50 bits per heavy atom. The van der Waals surface area contributed by atoms with Crippen LogP contribution in [0.4, 0.5) is 0 Å². The Bertz CT molecular complexity index is 311. The Labute approximate surface area is 89.8 Å². The molecule has 1 aromatic heterocycles. The summed E-state index contributed by atoms with van der Waals surface area (Å²) in [6, 6.07) is 0.412. The molecule has 0 aliphatic carbocycles. The number of hydrogen-bond donors (Lipinski definition) is 1. The highest BCUT2D eigenvalue weighted by Gasteiger charge is 2.10. The van der Waals surface area contributed by atoms with E-state index in [9.17, 15) is 0 Å². The lowest BCUT2D eigenvalue weighted by Gasteiger charge is -2.12. The lowest BCUT2D eigenvalue weighted by Crippen LogP contribution is -2.14. The van der Waals surface area contributed by atoms with Crippen LogP contribution < -0.4 is 5.32 Å². The molecule has 2 nitrogen and oxygen atoms in total. The third-order valence-corrected chi connectivity index (χ3v) is 3.17. The average Bonchev–Trinajstić information content (AvgIpc) is 2.60. The number of thiazole rings is 1. The summed E-state index contributed by atoms with van der Waals surface area (Å²) in [6.07, 6.45) is 10.2. The fraction of sp³-hybridized carbons (Fsp3) is 0.545. The number of unbranched alkanes of at least 4 members (excludes halogenated alkanes) is 1. The van der Waals surface area contributed by atoms with Gasteiger partial charge in [-0.1, -0.05) is 0 Å². The van der Waals surface area contributed by atoms with Crippen molar-refractivity contribution in [3.05, 3.63) is 16.1 Å². The summed E-state index contributed by atoms with van der Waals surface area (Å²) in [7, 11) is 1.98. The summed E-state index contributed by atoms with van der Waals surface area (Å²) in [6.45, 7) is 2.03. The number of aromatic nitrogens is 1. The van der Waals surface area contributed by atoms with Crippen LogP contribution in [0, 0.1) is 19.3 Å². The van der Waals surface area contributed by atoms with E-state index in [1.165, 1.54) is 4.88 Å². The van der Waals surface area contributed by atoms with E-state index >= 15 is 0 Å². The molecule has 1 rings (SSSR count). The van der Waals surface area contributed by atoms with Gasteiger partial charge in [-0.15, -0.1) is 23.7 Å². The number of aryl methyl sites for hydroxylation is 1. The lowest BCUT2D eigenvalue weighted by molar-refractivity contribution is 0.539. The molecule has 1 heterocycles. The van der Waals surface area contributed by atoms with Crippen molar-refractivity contribution in [1.82, 2.24) is 10.3 Å². The molecule has 1 atom stereocenters. The van der Waals surface area contributed by atoms with Crippen LogP contribution in [0.5, 0.6) is 0 Å². The summed E-state index contributed by atoms with van der Waals surface area (Å²) in [5, 5.41) is 4.41. The molecule has 0 amide bonds. The van der Waals surface area contributed by atoms with E-state index in [4.69, 9.17) is 6.42 Å². The molecule has 0 fully saturated rings. The third kappa shape index (κ3) is 3.13. The van der Waals surface area contributed by atoms with Crippen LogP contribution in [0.1, 0.15) is 35.2 Å². The Hall–Kier alpha value is -0.850. The Morgan fingerprint density at radius 3 is 3.00 bits per heavy atom.